The maximum Gasteiger partial charge on any atom is 0.334 e. The number of rotatable bonds is 31. The number of aliphatic hydroxyl groups is 1. The van der Waals surface area contributed by atoms with Gasteiger partial charge in [0.05, 0.1) is 12.5 Å². The number of nitrogens with two attached hydrogens (primary N) is 3. The number of likely N-dealkylation sites (N-methyl/N-ethyl adjacent to an activating group) is 1. The van der Waals surface area contributed by atoms with Crippen molar-refractivity contribution >= 4 is 82.0 Å². The Labute approximate surface area is 496 Å². The van der Waals surface area contributed by atoms with E-state index in [2.05, 4.69) is 63.4 Å². The van der Waals surface area contributed by atoms with Crippen molar-refractivity contribution in [2.24, 2.45) is 28.1 Å². The minimum atomic E-state index is -1.86. The number of carbonyl (C=O) groups excluding carboxylic acids is 11. The minimum Gasteiger partial charge on any atom is -0.508 e. The number of aromatic amines is 1. The highest BCUT2D eigenvalue weighted by Gasteiger charge is 2.36. The Hall–Kier alpha value is -9.80. The first-order valence-corrected chi connectivity index (χ1v) is 27.7. The van der Waals surface area contributed by atoms with Gasteiger partial charge in [0.2, 0.25) is 53.2 Å². The van der Waals surface area contributed by atoms with Gasteiger partial charge in [-0.2, -0.15) is 0 Å². The Kier molecular flexibility index (Phi) is 26.7. The predicted molar refractivity (Wildman–Crippen MR) is 316 cm³/mol. The number of benzene rings is 3. The van der Waals surface area contributed by atoms with E-state index < -0.39 is 126 Å². The van der Waals surface area contributed by atoms with Crippen LogP contribution >= 0.6 is 0 Å². The maximum absolute atomic E-state index is 14.1. The second-order valence-electron chi connectivity index (χ2n) is 21.0. The van der Waals surface area contributed by atoms with Gasteiger partial charge in [-0.05, 0) is 73.9 Å². The van der Waals surface area contributed by atoms with Crippen molar-refractivity contribution in [1.29, 1.82) is 0 Å². The summed E-state index contributed by atoms with van der Waals surface area (Å²) in [5, 5.41) is 41.7. The Balaban J connectivity index is 1.47. The standard InChI is InChI=1S/C57H80N16O13/c1-30(2)24-42(51(81)65-40(18-13-23-62-56(60)61-6)50(80)66-41(48(59)78)27-36-29-63-39-17-12-11-16-38(36)39)69-57(86)72-71-53(83)43(25-34-14-9-8-10-15-34)68-54(84)47(32(4)74)70-52(82)44(28-46(58)77)67-49(79)31(3)73(7)55(85)45(64-33(5)75)26-35-19-21-37(76)22-20-35/h8-12,14-17,19-22,29-32,40-45,47,63,74,76H,13,18,23-28H2,1-7H3,(H2,58,77)(H2,59,78)(H,64,75)(H,65,81)(H,66,80)(H,67,79)(H,68,84)(H,70,82)(H,71,83)(H3,60,61,62)(H2,69,72,86)/t31-,32+,40-,41-,42-,43-,44-,45+,47-/m0/s1. The Bertz CT molecular complexity index is 3050. The molecule has 0 radical (unpaired) electrons. The monoisotopic (exact) mass is 1200 g/mol. The van der Waals surface area contributed by atoms with E-state index in [1.807, 2.05) is 24.3 Å². The number of H-pyrrole nitrogens is 1. The van der Waals surface area contributed by atoms with E-state index in [0.29, 0.717) is 16.7 Å². The molecule has 9 atom stereocenters. The zero-order valence-electron chi connectivity index (χ0n) is 49.0. The van der Waals surface area contributed by atoms with Crippen molar-refractivity contribution < 1.29 is 63.0 Å². The zero-order chi connectivity index (χ0) is 63.8. The molecule has 0 bridgehead atoms. The summed E-state index contributed by atoms with van der Waals surface area (Å²) in [5.74, 6) is -9.15. The summed E-state index contributed by atoms with van der Waals surface area (Å²) in [5.41, 5.74) is 24.0. The van der Waals surface area contributed by atoms with Crippen molar-refractivity contribution in [3.63, 3.8) is 0 Å². The number of aliphatic imine (C=N–C) groups is 1. The number of hydrogen-bond acceptors (Lipinski definition) is 14. The molecule has 4 rings (SSSR count). The highest BCUT2D eigenvalue weighted by Crippen LogP contribution is 2.20. The fourth-order valence-corrected chi connectivity index (χ4v) is 8.87. The number of carbonyl (C=O) groups is 11. The number of aromatic nitrogens is 1. The van der Waals surface area contributed by atoms with Crippen LogP contribution in [0.1, 0.15) is 77.0 Å². The van der Waals surface area contributed by atoms with Gasteiger partial charge in [0.15, 0.2) is 5.96 Å². The van der Waals surface area contributed by atoms with Gasteiger partial charge >= 0.3 is 6.03 Å². The van der Waals surface area contributed by atoms with E-state index in [-0.39, 0.29) is 62.7 Å². The zero-order valence-corrected chi connectivity index (χ0v) is 49.0. The van der Waals surface area contributed by atoms with Crippen LogP contribution in [0, 0.1) is 5.92 Å². The minimum absolute atomic E-state index is 0.0181. The summed E-state index contributed by atoms with van der Waals surface area (Å²) in [7, 11) is 2.75. The smallest absolute Gasteiger partial charge is 0.334 e. The highest BCUT2D eigenvalue weighted by atomic mass is 16.3. The van der Waals surface area contributed by atoms with Crippen LogP contribution in [0.25, 0.3) is 10.9 Å². The first-order valence-electron chi connectivity index (χ1n) is 27.7. The van der Waals surface area contributed by atoms with E-state index in [9.17, 15) is 63.0 Å². The van der Waals surface area contributed by atoms with Crippen LogP contribution in [0.15, 0.2) is 90.1 Å². The molecule has 1 heterocycles. The lowest BCUT2D eigenvalue weighted by atomic mass is 10.0. The molecule has 0 saturated heterocycles. The lowest BCUT2D eigenvalue weighted by Crippen LogP contribution is -2.62. The number of fused-ring (bicyclic) bond motifs is 1. The number of hydrazine groups is 1. The number of hydrogen-bond donors (Lipinski definition) is 16. The number of nitrogens with zero attached hydrogens (tertiary/aromatic N) is 2. The molecule has 86 heavy (non-hydrogen) atoms. The van der Waals surface area contributed by atoms with Crippen molar-refractivity contribution in [3.05, 3.63) is 102 Å². The number of primary amides is 2. The second kappa shape index (κ2) is 33.5. The second-order valence-corrected chi connectivity index (χ2v) is 21.0. The lowest BCUT2D eigenvalue weighted by molar-refractivity contribution is -0.142. The normalized spacial score (nSPS) is 14.4. The Morgan fingerprint density at radius 2 is 1.20 bits per heavy atom. The molecule has 466 valence electrons. The molecular weight excluding hydrogens is 1120 g/mol. The number of phenols is 1. The van der Waals surface area contributed by atoms with Crippen LogP contribution in [-0.2, 0) is 67.2 Å². The van der Waals surface area contributed by atoms with Crippen LogP contribution in [0.5, 0.6) is 5.75 Å². The fraction of sp³-hybridized carbons (Fsp3) is 0.439. The number of amides is 12. The fourth-order valence-electron chi connectivity index (χ4n) is 8.87. The summed E-state index contributed by atoms with van der Waals surface area (Å²) in [4.78, 5) is 156. The third-order valence-electron chi connectivity index (χ3n) is 13.6. The first kappa shape index (κ1) is 68.7. The third kappa shape index (κ3) is 22.1. The van der Waals surface area contributed by atoms with Crippen molar-refractivity contribution in [2.75, 3.05) is 20.6 Å². The molecular formula is C57H80N16O13. The van der Waals surface area contributed by atoms with Crippen LogP contribution in [-0.4, -0.2) is 166 Å². The molecule has 0 aliphatic rings. The summed E-state index contributed by atoms with van der Waals surface area (Å²) < 4.78 is 0. The summed E-state index contributed by atoms with van der Waals surface area (Å²) in [6, 6.07) is 8.90. The topological polar surface area (TPSA) is 458 Å². The Morgan fingerprint density at radius 1 is 0.616 bits per heavy atom. The number of guanidine groups is 1. The molecule has 0 aliphatic carbocycles. The molecule has 0 spiro atoms. The summed E-state index contributed by atoms with van der Waals surface area (Å²) >= 11 is 0. The summed E-state index contributed by atoms with van der Waals surface area (Å²) in [6.07, 6.45) is -0.721. The SMILES string of the molecule is CN=C(N)NCCC[C@H](NC(=O)[C@H](CC(C)C)NC(=O)NNC(=O)[C@H](Cc1ccccc1)NC(=O)[C@@H](NC(=O)[C@H](CC(N)=O)NC(=O)[C@H](C)N(C)C(=O)[C@@H](Cc1ccc(O)cc1)NC(C)=O)[C@@H](C)O)C(=O)N[C@@H](Cc1c[nH]c2ccccc12)C(N)=O. The van der Waals surface area contributed by atoms with E-state index in [0.717, 1.165) is 22.7 Å². The molecule has 0 unspecified atom stereocenters. The van der Waals surface area contributed by atoms with Crippen LogP contribution < -0.4 is 70.6 Å². The van der Waals surface area contributed by atoms with Crippen LogP contribution in [0.3, 0.4) is 0 Å². The summed E-state index contributed by atoms with van der Waals surface area (Å²) in [6.45, 7) is 7.42. The van der Waals surface area contributed by atoms with Gasteiger partial charge in [-0.15, -0.1) is 0 Å². The molecule has 29 heteroatoms. The Morgan fingerprint density at radius 3 is 1.81 bits per heavy atom. The predicted octanol–water partition coefficient (Wildman–Crippen LogP) is -2.52. The molecule has 1 aromatic heterocycles. The maximum atomic E-state index is 14.1. The highest BCUT2D eigenvalue weighted by molar-refractivity contribution is 5.99. The van der Waals surface area contributed by atoms with Gasteiger partial charge in [0.25, 0.3) is 5.91 Å². The number of aromatic hydroxyl groups is 1. The average molecular weight is 1200 g/mol. The van der Waals surface area contributed by atoms with Gasteiger partial charge in [0, 0.05) is 63.9 Å². The van der Waals surface area contributed by atoms with E-state index in [1.54, 1.807) is 62.5 Å². The van der Waals surface area contributed by atoms with E-state index in [1.165, 1.54) is 40.1 Å². The lowest BCUT2D eigenvalue weighted by Gasteiger charge is -2.30. The van der Waals surface area contributed by atoms with E-state index >= 15 is 0 Å². The van der Waals surface area contributed by atoms with Gasteiger partial charge < -0.3 is 79.8 Å². The van der Waals surface area contributed by atoms with Gasteiger partial charge in [-0.3, -0.25) is 58.4 Å². The molecule has 0 fully saturated rings. The van der Waals surface area contributed by atoms with Crippen LogP contribution in [0.2, 0.25) is 0 Å². The molecule has 19 N–H and O–H groups in total. The van der Waals surface area contributed by atoms with Gasteiger partial charge in [-0.1, -0.05) is 74.5 Å². The molecule has 12 amide bonds. The number of para-hydroxylation sites is 1. The number of phenolic OH excluding ortho intramolecular Hbond substituents is 1. The van der Waals surface area contributed by atoms with Crippen molar-refractivity contribution in [1.82, 2.24) is 63.3 Å². The van der Waals surface area contributed by atoms with Crippen molar-refractivity contribution in [3.8, 4) is 5.75 Å². The quantitative estimate of drug-likeness (QED) is 0.0107. The molecule has 0 saturated carbocycles. The van der Waals surface area contributed by atoms with Gasteiger partial charge in [0.1, 0.15) is 54.1 Å². The van der Waals surface area contributed by atoms with E-state index in [4.69, 9.17) is 17.2 Å². The van der Waals surface area contributed by atoms with Crippen molar-refractivity contribution in [2.45, 2.75) is 134 Å². The number of aliphatic hydroxyl groups excluding tert-OH is 1. The van der Waals surface area contributed by atoms with Gasteiger partial charge in [-0.25, -0.2) is 10.2 Å². The molecule has 29 nitrogen and oxygen atoms in total. The number of urea groups is 1. The molecule has 3 aromatic carbocycles. The number of nitrogens with one attached hydrogen (secondary N) is 11. The largest absolute Gasteiger partial charge is 0.508 e. The van der Waals surface area contributed by atoms with Crippen LogP contribution in [0.4, 0.5) is 4.79 Å². The first-order chi connectivity index (χ1) is 40.7. The average Bonchev–Trinajstić information content (AvgIpc) is 2.86. The third-order valence-corrected chi connectivity index (χ3v) is 13.6. The molecule has 0 aliphatic heterocycles. The molecule has 4 aromatic rings.